The Hall–Kier alpha value is -1.00. The molecule has 170 valence electrons. The largest absolute Gasteiger partial charge is 0.348 e. The maximum Gasteiger partial charge on any atom is 0.183 e. The normalized spacial score (nSPS) is 27.3. The Morgan fingerprint density at radius 3 is 2.03 bits per heavy atom. The highest BCUT2D eigenvalue weighted by atomic mass is 19.2. The van der Waals surface area contributed by atoms with Gasteiger partial charge < -0.3 is 9.47 Å². The lowest BCUT2D eigenvalue weighted by atomic mass is 9.74. The Kier molecular flexibility index (Phi) is 10.1. The van der Waals surface area contributed by atoms with Crippen LogP contribution < -0.4 is 0 Å². The van der Waals surface area contributed by atoms with Gasteiger partial charge in [-0.15, -0.1) is 0 Å². The van der Waals surface area contributed by atoms with Crippen molar-refractivity contribution in [1.29, 1.82) is 0 Å². The molecule has 1 heterocycles. The van der Waals surface area contributed by atoms with E-state index in [4.69, 9.17) is 9.47 Å². The van der Waals surface area contributed by atoms with Gasteiger partial charge in [-0.1, -0.05) is 83.6 Å². The Balaban J connectivity index is 1.27. The number of halogens is 2. The molecule has 2 aliphatic rings. The second-order valence-corrected chi connectivity index (χ2v) is 9.48. The molecule has 1 aromatic carbocycles. The van der Waals surface area contributed by atoms with Crippen molar-refractivity contribution in [3.8, 4) is 0 Å². The van der Waals surface area contributed by atoms with E-state index in [9.17, 15) is 8.78 Å². The molecule has 1 saturated heterocycles. The van der Waals surface area contributed by atoms with Crippen LogP contribution in [0.3, 0.4) is 0 Å². The van der Waals surface area contributed by atoms with Crippen molar-refractivity contribution >= 4 is 0 Å². The number of ether oxygens (including phenoxy) is 2. The van der Waals surface area contributed by atoms with E-state index in [2.05, 4.69) is 6.92 Å². The molecule has 0 bridgehead atoms. The number of hydrogen-bond donors (Lipinski definition) is 0. The zero-order chi connectivity index (χ0) is 21.2. The predicted octanol–water partition coefficient (Wildman–Crippen LogP) is 7.96. The van der Waals surface area contributed by atoms with Gasteiger partial charge in [0.15, 0.2) is 17.9 Å². The smallest absolute Gasteiger partial charge is 0.183 e. The van der Waals surface area contributed by atoms with Crippen molar-refractivity contribution in [2.24, 2.45) is 17.8 Å². The van der Waals surface area contributed by atoms with Gasteiger partial charge in [0.25, 0.3) is 0 Å². The minimum Gasteiger partial charge on any atom is -0.348 e. The summed E-state index contributed by atoms with van der Waals surface area (Å²) in [5.41, 5.74) is 0.557. The highest BCUT2D eigenvalue weighted by molar-refractivity contribution is 5.19. The van der Waals surface area contributed by atoms with E-state index >= 15 is 0 Å². The van der Waals surface area contributed by atoms with Crippen LogP contribution in [0, 0.1) is 29.4 Å². The van der Waals surface area contributed by atoms with Crippen LogP contribution in [-0.2, 0) is 9.47 Å². The molecule has 0 amide bonds. The summed E-state index contributed by atoms with van der Waals surface area (Å²) < 4.78 is 38.3. The van der Waals surface area contributed by atoms with Crippen LogP contribution in [0.1, 0.15) is 102 Å². The van der Waals surface area contributed by atoms with Crippen LogP contribution >= 0.6 is 0 Å². The van der Waals surface area contributed by atoms with Gasteiger partial charge in [0.1, 0.15) is 0 Å². The van der Waals surface area contributed by atoms with Crippen LogP contribution in [-0.4, -0.2) is 13.2 Å². The lowest BCUT2D eigenvalue weighted by Gasteiger charge is -2.38. The second-order valence-electron chi connectivity index (χ2n) is 9.48. The Labute approximate surface area is 181 Å². The first-order valence-corrected chi connectivity index (χ1v) is 12.4. The van der Waals surface area contributed by atoms with E-state index in [-0.39, 0.29) is 0 Å². The molecule has 3 rings (SSSR count). The summed E-state index contributed by atoms with van der Waals surface area (Å²) in [4.78, 5) is 0. The molecule has 0 atom stereocenters. The fraction of sp³-hybridized carbons (Fsp3) is 0.769. The summed E-state index contributed by atoms with van der Waals surface area (Å²) in [5, 5.41) is 0. The summed E-state index contributed by atoms with van der Waals surface area (Å²) in [6.45, 7) is 3.57. The molecule has 1 aliphatic heterocycles. The zero-order valence-corrected chi connectivity index (χ0v) is 18.7. The minimum absolute atomic E-state index is 0.426. The highest BCUT2D eigenvalue weighted by Gasteiger charge is 2.32. The molecule has 4 heteroatoms. The number of rotatable bonds is 11. The SMILES string of the molecule is CCCCCCCCCCC1CCC(C2COC(c3ccc(F)c(F)c3)OC2)CC1. The molecule has 30 heavy (non-hydrogen) atoms. The first-order valence-electron chi connectivity index (χ1n) is 12.4. The van der Waals surface area contributed by atoms with Gasteiger partial charge in [-0.05, 0) is 36.8 Å². The molecule has 1 saturated carbocycles. The van der Waals surface area contributed by atoms with Gasteiger partial charge in [0, 0.05) is 11.5 Å². The molecule has 0 unspecified atom stereocenters. The third kappa shape index (κ3) is 7.30. The predicted molar refractivity (Wildman–Crippen MR) is 117 cm³/mol. The fourth-order valence-corrected chi connectivity index (χ4v) is 5.16. The molecule has 2 nitrogen and oxygen atoms in total. The van der Waals surface area contributed by atoms with Crippen molar-refractivity contribution < 1.29 is 18.3 Å². The maximum absolute atomic E-state index is 13.4. The van der Waals surface area contributed by atoms with E-state index in [1.807, 2.05) is 0 Å². The van der Waals surface area contributed by atoms with Gasteiger partial charge >= 0.3 is 0 Å². The van der Waals surface area contributed by atoms with Crippen LogP contribution in [0.15, 0.2) is 18.2 Å². The van der Waals surface area contributed by atoms with E-state index in [1.165, 1.54) is 89.5 Å². The van der Waals surface area contributed by atoms with E-state index in [0.717, 1.165) is 12.0 Å². The van der Waals surface area contributed by atoms with Crippen LogP contribution in [0.2, 0.25) is 0 Å². The van der Waals surface area contributed by atoms with Crippen LogP contribution in [0.4, 0.5) is 8.78 Å². The summed E-state index contributed by atoms with van der Waals surface area (Å²) >= 11 is 0. The number of benzene rings is 1. The fourth-order valence-electron chi connectivity index (χ4n) is 5.16. The van der Waals surface area contributed by atoms with Gasteiger partial charge in [-0.3, -0.25) is 0 Å². The lowest BCUT2D eigenvalue weighted by Crippen LogP contribution is -2.34. The lowest BCUT2D eigenvalue weighted by molar-refractivity contribution is -0.214. The molecular formula is C26H40F2O2. The summed E-state index contributed by atoms with van der Waals surface area (Å²) in [5.74, 6) is 0.316. The molecular weight excluding hydrogens is 382 g/mol. The summed E-state index contributed by atoms with van der Waals surface area (Å²) in [6.07, 6.45) is 17.2. The van der Waals surface area contributed by atoms with Crippen LogP contribution in [0.25, 0.3) is 0 Å². The van der Waals surface area contributed by atoms with Crippen molar-refractivity contribution in [2.45, 2.75) is 96.7 Å². The van der Waals surface area contributed by atoms with Gasteiger partial charge in [0.05, 0.1) is 13.2 Å². The van der Waals surface area contributed by atoms with Crippen molar-refractivity contribution in [3.05, 3.63) is 35.4 Å². The van der Waals surface area contributed by atoms with E-state index in [0.29, 0.717) is 30.6 Å². The average molecular weight is 423 g/mol. The number of unbranched alkanes of at least 4 members (excludes halogenated alkanes) is 7. The van der Waals surface area contributed by atoms with Gasteiger partial charge in [-0.25, -0.2) is 8.78 Å². The first-order chi connectivity index (χ1) is 14.7. The van der Waals surface area contributed by atoms with Crippen molar-refractivity contribution in [1.82, 2.24) is 0 Å². The minimum atomic E-state index is -0.850. The van der Waals surface area contributed by atoms with Gasteiger partial charge in [-0.2, -0.15) is 0 Å². The monoisotopic (exact) mass is 422 g/mol. The topological polar surface area (TPSA) is 18.5 Å². The third-order valence-corrected chi connectivity index (χ3v) is 7.16. The third-order valence-electron chi connectivity index (χ3n) is 7.16. The van der Waals surface area contributed by atoms with Crippen molar-refractivity contribution in [2.75, 3.05) is 13.2 Å². The zero-order valence-electron chi connectivity index (χ0n) is 18.7. The Morgan fingerprint density at radius 2 is 1.40 bits per heavy atom. The van der Waals surface area contributed by atoms with E-state index in [1.54, 1.807) is 6.07 Å². The van der Waals surface area contributed by atoms with Crippen LogP contribution in [0.5, 0.6) is 0 Å². The second kappa shape index (κ2) is 12.8. The molecule has 0 radical (unpaired) electrons. The molecule has 2 fully saturated rings. The molecule has 0 N–H and O–H groups in total. The average Bonchev–Trinajstić information content (AvgIpc) is 2.78. The molecule has 1 aliphatic carbocycles. The molecule has 0 aromatic heterocycles. The summed E-state index contributed by atoms with van der Waals surface area (Å²) in [7, 11) is 0. The quantitative estimate of drug-likeness (QED) is 0.337. The Morgan fingerprint density at radius 1 is 0.767 bits per heavy atom. The molecule has 1 aromatic rings. The van der Waals surface area contributed by atoms with Crippen molar-refractivity contribution in [3.63, 3.8) is 0 Å². The van der Waals surface area contributed by atoms with Gasteiger partial charge in [0.2, 0.25) is 0 Å². The first kappa shape index (κ1) is 23.7. The Bertz CT molecular complexity index is 605. The highest BCUT2D eigenvalue weighted by Crippen LogP contribution is 2.38. The summed E-state index contributed by atoms with van der Waals surface area (Å²) in [6, 6.07) is 3.85. The number of hydrogen-bond acceptors (Lipinski definition) is 2. The standard InChI is InChI=1S/C26H40F2O2/c1-2-3-4-5-6-7-8-9-10-20-11-13-21(14-12-20)23-18-29-26(30-19-23)22-15-16-24(27)25(28)17-22/h15-17,20-21,23,26H,2-14,18-19H2,1H3. The molecule has 0 spiro atoms. The van der Waals surface area contributed by atoms with E-state index < -0.39 is 17.9 Å². The maximum atomic E-state index is 13.4.